The summed E-state index contributed by atoms with van der Waals surface area (Å²) in [7, 11) is 3.22. The van der Waals surface area contributed by atoms with Crippen LogP contribution in [0.15, 0.2) is 46.5 Å². The summed E-state index contributed by atoms with van der Waals surface area (Å²) >= 11 is 3.16. The van der Waals surface area contributed by atoms with E-state index >= 15 is 0 Å². The largest absolute Gasteiger partial charge is 0.493 e. The predicted molar refractivity (Wildman–Crippen MR) is 146 cm³/mol. The molecule has 5 rings (SSSR count). The second kappa shape index (κ2) is 11.6. The summed E-state index contributed by atoms with van der Waals surface area (Å²) in [6, 6.07) is 9.35. The molecule has 0 aliphatic carbocycles. The summed E-state index contributed by atoms with van der Waals surface area (Å²) in [5.74, 6) is 2.41. The molecule has 194 valence electrons. The SMILES string of the molecule is COc1ccc2ncc(SCCN3CCC(NC(=O)c4ccc5c(c4)NC(=O)CS5)CC3)nc2c1OC. The molecule has 0 radical (unpaired) electrons. The molecule has 0 atom stereocenters. The standard InChI is InChI=1S/C26H29N5O4S2/c1-34-20-5-4-18-24(25(20)35-2)30-23(14-27-18)36-12-11-31-9-7-17(8-10-31)28-26(33)16-3-6-21-19(13-16)29-22(32)15-37-21/h3-6,13-14,17H,7-12,15H2,1-2H3,(H,28,33)(H,29,32). The van der Waals surface area contributed by atoms with E-state index in [-0.39, 0.29) is 17.9 Å². The van der Waals surface area contributed by atoms with Crippen molar-refractivity contribution in [2.75, 3.05) is 50.7 Å². The van der Waals surface area contributed by atoms with Crippen LogP contribution < -0.4 is 20.1 Å². The van der Waals surface area contributed by atoms with Gasteiger partial charge in [0.15, 0.2) is 11.5 Å². The normalized spacial score (nSPS) is 16.2. The Bertz CT molecular complexity index is 1310. The first kappa shape index (κ1) is 25.6. The Morgan fingerprint density at radius 1 is 1.22 bits per heavy atom. The highest BCUT2D eigenvalue weighted by Crippen LogP contribution is 2.34. The molecule has 9 nitrogen and oxygen atoms in total. The zero-order valence-corrected chi connectivity index (χ0v) is 22.4. The summed E-state index contributed by atoms with van der Waals surface area (Å²) in [5, 5.41) is 6.86. The Morgan fingerprint density at radius 3 is 2.84 bits per heavy atom. The number of likely N-dealkylation sites (tertiary alicyclic amines) is 1. The zero-order valence-electron chi connectivity index (χ0n) is 20.8. The molecule has 37 heavy (non-hydrogen) atoms. The maximum Gasteiger partial charge on any atom is 0.251 e. The Hall–Kier alpha value is -3.02. The van der Waals surface area contributed by atoms with Crippen molar-refractivity contribution in [2.24, 2.45) is 0 Å². The lowest BCUT2D eigenvalue weighted by molar-refractivity contribution is -0.113. The average molecular weight is 540 g/mol. The highest BCUT2D eigenvalue weighted by atomic mass is 32.2. The number of carbonyl (C=O) groups is 2. The molecule has 2 N–H and O–H groups in total. The van der Waals surface area contributed by atoms with Crippen LogP contribution in [0.3, 0.4) is 0 Å². The molecule has 2 amide bonds. The van der Waals surface area contributed by atoms with Crippen LogP contribution in [0.4, 0.5) is 5.69 Å². The van der Waals surface area contributed by atoms with E-state index in [1.807, 2.05) is 24.3 Å². The van der Waals surface area contributed by atoms with Gasteiger partial charge in [-0.3, -0.25) is 14.6 Å². The highest BCUT2D eigenvalue weighted by Gasteiger charge is 2.23. The van der Waals surface area contributed by atoms with Crippen molar-refractivity contribution in [3.8, 4) is 11.5 Å². The van der Waals surface area contributed by atoms with Crippen molar-refractivity contribution >= 4 is 52.1 Å². The Balaban J connectivity index is 1.09. The fourth-order valence-corrected chi connectivity index (χ4v) is 6.15. The van der Waals surface area contributed by atoms with Crippen LogP contribution in [0.1, 0.15) is 23.2 Å². The number of anilines is 1. The molecule has 2 aliphatic heterocycles. The van der Waals surface area contributed by atoms with E-state index in [1.54, 1.807) is 38.2 Å². The quantitative estimate of drug-likeness (QED) is 0.415. The van der Waals surface area contributed by atoms with E-state index in [2.05, 4.69) is 20.5 Å². The second-order valence-corrected chi connectivity index (χ2v) is 11.0. The summed E-state index contributed by atoms with van der Waals surface area (Å²) < 4.78 is 10.9. The number of thioether (sulfide) groups is 2. The number of amides is 2. The molecule has 0 bridgehead atoms. The Morgan fingerprint density at radius 2 is 2.05 bits per heavy atom. The maximum absolute atomic E-state index is 12.8. The van der Waals surface area contributed by atoms with E-state index < -0.39 is 0 Å². The van der Waals surface area contributed by atoms with Gasteiger partial charge in [0.1, 0.15) is 10.5 Å². The zero-order chi connectivity index (χ0) is 25.8. The van der Waals surface area contributed by atoms with E-state index in [9.17, 15) is 9.59 Å². The van der Waals surface area contributed by atoms with Crippen LogP contribution in [0.25, 0.3) is 11.0 Å². The van der Waals surface area contributed by atoms with E-state index in [0.29, 0.717) is 28.3 Å². The van der Waals surface area contributed by atoms with Crippen molar-refractivity contribution < 1.29 is 19.1 Å². The molecule has 2 aromatic carbocycles. The number of benzene rings is 2. The number of piperidine rings is 1. The number of nitrogens with one attached hydrogen (secondary N) is 2. The van der Waals surface area contributed by atoms with E-state index in [4.69, 9.17) is 14.5 Å². The van der Waals surface area contributed by atoms with Crippen LogP contribution in [-0.4, -0.2) is 78.1 Å². The van der Waals surface area contributed by atoms with Crippen molar-refractivity contribution in [1.29, 1.82) is 0 Å². The van der Waals surface area contributed by atoms with Gasteiger partial charge in [-0.1, -0.05) is 0 Å². The first-order valence-electron chi connectivity index (χ1n) is 12.1. The molecule has 1 saturated heterocycles. The molecule has 1 aromatic heterocycles. The molecule has 3 aromatic rings. The van der Waals surface area contributed by atoms with Crippen molar-refractivity contribution in [1.82, 2.24) is 20.2 Å². The Labute approximate surface area is 224 Å². The summed E-state index contributed by atoms with van der Waals surface area (Å²) in [6.07, 6.45) is 3.60. The predicted octanol–water partition coefficient (Wildman–Crippen LogP) is 3.68. The van der Waals surface area contributed by atoms with Crippen molar-refractivity contribution in [3.05, 3.63) is 42.1 Å². The minimum atomic E-state index is -0.0939. The Kier molecular flexibility index (Phi) is 8.02. The van der Waals surface area contributed by atoms with Gasteiger partial charge in [-0.05, 0) is 43.2 Å². The molecular formula is C26H29N5O4S2. The fraction of sp³-hybridized carbons (Fsp3) is 0.385. The number of carbonyl (C=O) groups excluding carboxylic acids is 2. The van der Waals surface area contributed by atoms with Crippen LogP contribution in [0.5, 0.6) is 11.5 Å². The van der Waals surface area contributed by atoms with Crippen LogP contribution in [0, 0.1) is 0 Å². The monoisotopic (exact) mass is 539 g/mol. The summed E-state index contributed by atoms with van der Waals surface area (Å²) in [5.41, 5.74) is 2.76. The molecular weight excluding hydrogens is 510 g/mol. The topological polar surface area (TPSA) is 106 Å². The smallest absolute Gasteiger partial charge is 0.251 e. The molecule has 2 aliphatic rings. The van der Waals surface area contributed by atoms with Gasteiger partial charge < -0.3 is 25.0 Å². The first-order valence-corrected chi connectivity index (χ1v) is 14.1. The number of nitrogens with zero attached hydrogens (tertiary/aromatic N) is 3. The first-order chi connectivity index (χ1) is 18.0. The number of rotatable bonds is 8. The third-order valence-electron chi connectivity index (χ3n) is 6.49. The van der Waals surface area contributed by atoms with E-state index in [1.165, 1.54) is 11.8 Å². The van der Waals surface area contributed by atoms with Crippen LogP contribution in [-0.2, 0) is 4.79 Å². The van der Waals surface area contributed by atoms with Gasteiger partial charge in [-0.15, -0.1) is 23.5 Å². The lowest BCUT2D eigenvalue weighted by Gasteiger charge is -2.32. The van der Waals surface area contributed by atoms with Crippen LogP contribution in [0.2, 0.25) is 0 Å². The minimum Gasteiger partial charge on any atom is -0.493 e. The molecule has 0 spiro atoms. The van der Waals surface area contributed by atoms with Crippen molar-refractivity contribution in [2.45, 2.75) is 28.8 Å². The van der Waals surface area contributed by atoms with Gasteiger partial charge in [-0.25, -0.2) is 4.98 Å². The molecule has 0 saturated carbocycles. The lowest BCUT2D eigenvalue weighted by atomic mass is 10.0. The number of fused-ring (bicyclic) bond motifs is 2. The number of ether oxygens (including phenoxy) is 2. The third-order valence-corrected chi connectivity index (χ3v) is 8.44. The van der Waals surface area contributed by atoms with E-state index in [0.717, 1.165) is 59.4 Å². The minimum absolute atomic E-state index is 0.0341. The fourth-order valence-electron chi connectivity index (χ4n) is 4.52. The number of hydrogen-bond acceptors (Lipinski definition) is 9. The van der Waals surface area contributed by atoms with Gasteiger partial charge in [0.05, 0.1) is 37.4 Å². The number of aromatic nitrogens is 2. The van der Waals surface area contributed by atoms with Gasteiger partial charge in [0, 0.05) is 41.9 Å². The number of hydrogen-bond donors (Lipinski definition) is 2. The molecule has 1 fully saturated rings. The summed E-state index contributed by atoms with van der Waals surface area (Å²) in [4.78, 5) is 37.1. The maximum atomic E-state index is 12.8. The molecule has 0 unspecified atom stereocenters. The average Bonchev–Trinajstić information content (AvgIpc) is 2.92. The highest BCUT2D eigenvalue weighted by molar-refractivity contribution is 8.00. The molecule has 3 heterocycles. The number of methoxy groups -OCH3 is 2. The van der Waals surface area contributed by atoms with Gasteiger partial charge in [0.25, 0.3) is 5.91 Å². The van der Waals surface area contributed by atoms with Crippen LogP contribution >= 0.6 is 23.5 Å². The van der Waals surface area contributed by atoms with Crippen molar-refractivity contribution in [3.63, 3.8) is 0 Å². The molecule has 11 heteroatoms. The van der Waals surface area contributed by atoms with Gasteiger partial charge >= 0.3 is 0 Å². The summed E-state index contributed by atoms with van der Waals surface area (Å²) in [6.45, 7) is 2.79. The lowest BCUT2D eigenvalue weighted by Crippen LogP contribution is -2.45. The third kappa shape index (κ3) is 5.94. The second-order valence-electron chi connectivity index (χ2n) is 8.86. The van der Waals surface area contributed by atoms with Gasteiger partial charge in [-0.2, -0.15) is 0 Å². The van der Waals surface area contributed by atoms with Gasteiger partial charge in [0.2, 0.25) is 5.91 Å².